The molecule has 2 fully saturated rings. The lowest BCUT2D eigenvalue weighted by Crippen LogP contribution is -2.35. The van der Waals surface area contributed by atoms with Gasteiger partial charge >= 0.3 is 0 Å². The second-order valence-corrected chi connectivity index (χ2v) is 6.63. The van der Waals surface area contributed by atoms with Gasteiger partial charge in [0.05, 0.1) is 7.11 Å². The van der Waals surface area contributed by atoms with E-state index in [2.05, 4.69) is 46.6 Å². The average Bonchev–Trinajstić information content (AvgIpc) is 2.89. The number of nitrogens with one attached hydrogen (secondary N) is 1. The summed E-state index contributed by atoms with van der Waals surface area (Å²) in [5.41, 5.74) is 1.41. The molecule has 0 amide bonds. The van der Waals surface area contributed by atoms with Crippen molar-refractivity contribution < 1.29 is 4.74 Å². The van der Waals surface area contributed by atoms with Crippen LogP contribution in [0.3, 0.4) is 0 Å². The van der Waals surface area contributed by atoms with Crippen molar-refractivity contribution in [2.45, 2.75) is 37.9 Å². The summed E-state index contributed by atoms with van der Waals surface area (Å²) in [6.45, 7) is 3.42. The van der Waals surface area contributed by atoms with Gasteiger partial charge in [0.25, 0.3) is 0 Å². The third-order valence-corrected chi connectivity index (χ3v) is 5.20. The molecule has 0 aromatic heterocycles. The fraction of sp³-hybridized carbons (Fsp3) is 0.474. The smallest absolute Gasteiger partial charge is 0.126 e. The van der Waals surface area contributed by atoms with Crippen LogP contribution in [0.15, 0.2) is 36.4 Å². The van der Waals surface area contributed by atoms with Gasteiger partial charge in [0.15, 0.2) is 0 Å². The highest BCUT2D eigenvalue weighted by atomic mass is 35.5. The van der Waals surface area contributed by atoms with Crippen LogP contribution in [0.4, 0.5) is 0 Å². The first-order valence-electron chi connectivity index (χ1n) is 8.36. The predicted molar refractivity (Wildman–Crippen MR) is 97.6 cm³/mol. The Morgan fingerprint density at radius 1 is 1.04 bits per heavy atom. The molecule has 2 heterocycles. The highest BCUT2D eigenvalue weighted by Crippen LogP contribution is 2.30. The zero-order chi connectivity index (χ0) is 14.9. The van der Waals surface area contributed by atoms with E-state index in [1.165, 1.54) is 48.7 Å². The van der Waals surface area contributed by atoms with Gasteiger partial charge in [0, 0.05) is 37.1 Å². The molecule has 2 bridgehead atoms. The Bertz CT molecular complexity index is 675. The topological polar surface area (TPSA) is 24.5 Å². The summed E-state index contributed by atoms with van der Waals surface area (Å²) in [6, 6.07) is 14.4. The third kappa shape index (κ3) is 3.32. The Morgan fingerprint density at radius 2 is 1.83 bits per heavy atom. The molecular weight excluding hydrogens is 308 g/mol. The molecule has 2 unspecified atom stereocenters. The normalized spacial score (nSPS) is 24.2. The number of rotatable bonds is 3. The summed E-state index contributed by atoms with van der Waals surface area (Å²) >= 11 is 0. The maximum absolute atomic E-state index is 5.51. The zero-order valence-corrected chi connectivity index (χ0v) is 14.4. The van der Waals surface area contributed by atoms with E-state index in [0.29, 0.717) is 6.04 Å². The number of ether oxygens (including phenoxy) is 1. The van der Waals surface area contributed by atoms with Crippen LogP contribution in [0.5, 0.6) is 5.75 Å². The van der Waals surface area contributed by atoms with Gasteiger partial charge in [-0.05, 0) is 36.3 Å². The quantitative estimate of drug-likeness (QED) is 0.929. The summed E-state index contributed by atoms with van der Waals surface area (Å²) < 4.78 is 5.51. The van der Waals surface area contributed by atoms with Crippen molar-refractivity contribution in [1.29, 1.82) is 0 Å². The molecule has 4 rings (SSSR count). The van der Waals surface area contributed by atoms with Gasteiger partial charge in [-0.15, -0.1) is 12.4 Å². The molecule has 2 saturated heterocycles. The summed E-state index contributed by atoms with van der Waals surface area (Å²) in [7, 11) is 1.75. The Kier molecular flexibility index (Phi) is 5.10. The van der Waals surface area contributed by atoms with Crippen molar-refractivity contribution in [3.05, 3.63) is 42.0 Å². The first-order valence-corrected chi connectivity index (χ1v) is 8.36. The van der Waals surface area contributed by atoms with Gasteiger partial charge < -0.3 is 10.1 Å². The maximum atomic E-state index is 5.51. The van der Waals surface area contributed by atoms with E-state index in [1.54, 1.807) is 7.11 Å². The van der Waals surface area contributed by atoms with Crippen LogP contribution in [-0.2, 0) is 6.54 Å². The molecular formula is C19H25ClN2O. The van der Waals surface area contributed by atoms with E-state index in [0.717, 1.165) is 18.3 Å². The van der Waals surface area contributed by atoms with Crippen LogP contribution in [0.2, 0.25) is 0 Å². The molecule has 4 heteroatoms. The van der Waals surface area contributed by atoms with Crippen LogP contribution >= 0.6 is 12.4 Å². The molecule has 2 atom stereocenters. The number of nitrogens with zero attached hydrogens (tertiary/aromatic N) is 1. The largest absolute Gasteiger partial charge is 0.496 e. The highest BCUT2D eigenvalue weighted by Gasteiger charge is 2.29. The number of hydrogen-bond acceptors (Lipinski definition) is 3. The van der Waals surface area contributed by atoms with Gasteiger partial charge in [-0.2, -0.15) is 0 Å². The van der Waals surface area contributed by atoms with E-state index in [1.807, 2.05) is 0 Å². The zero-order valence-electron chi connectivity index (χ0n) is 13.6. The lowest BCUT2D eigenvalue weighted by Gasteiger charge is -2.25. The van der Waals surface area contributed by atoms with Crippen LogP contribution in [-0.4, -0.2) is 37.2 Å². The van der Waals surface area contributed by atoms with Gasteiger partial charge in [-0.25, -0.2) is 0 Å². The third-order valence-electron chi connectivity index (χ3n) is 5.20. The molecule has 23 heavy (non-hydrogen) atoms. The van der Waals surface area contributed by atoms with Crippen molar-refractivity contribution in [3.8, 4) is 5.75 Å². The lowest BCUT2D eigenvalue weighted by molar-refractivity contribution is 0.252. The van der Waals surface area contributed by atoms with Crippen molar-refractivity contribution in [2.24, 2.45) is 0 Å². The molecule has 1 N–H and O–H groups in total. The van der Waals surface area contributed by atoms with Gasteiger partial charge in [0.1, 0.15) is 5.75 Å². The molecule has 0 radical (unpaired) electrons. The lowest BCUT2D eigenvalue weighted by atomic mass is 10.0. The van der Waals surface area contributed by atoms with Crippen molar-refractivity contribution in [2.75, 3.05) is 20.2 Å². The molecule has 2 aliphatic heterocycles. The molecule has 3 nitrogen and oxygen atoms in total. The first-order chi connectivity index (χ1) is 10.8. The number of fused-ring (bicyclic) bond motifs is 3. The Labute approximate surface area is 144 Å². The second kappa shape index (κ2) is 7.08. The SMILES string of the molecule is COc1ccc(CN2CCC3CCC(C2)N3)c2ccccc12.Cl. The van der Waals surface area contributed by atoms with E-state index in [9.17, 15) is 0 Å². The Morgan fingerprint density at radius 3 is 2.65 bits per heavy atom. The van der Waals surface area contributed by atoms with Crippen LogP contribution < -0.4 is 10.1 Å². The fourth-order valence-corrected chi connectivity index (χ4v) is 4.05. The summed E-state index contributed by atoms with van der Waals surface area (Å²) in [4.78, 5) is 2.62. The minimum absolute atomic E-state index is 0. The van der Waals surface area contributed by atoms with Gasteiger partial charge in [-0.1, -0.05) is 30.3 Å². The van der Waals surface area contributed by atoms with Crippen molar-refractivity contribution in [3.63, 3.8) is 0 Å². The maximum Gasteiger partial charge on any atom is 0.126 e. The van der Waals surface area contributed by atoms with E-state index >= 15 is 0 Å². The fourth-order valence-electron chi connectivity index (χ4n) is 4.05. The molecule has 2 aromatic carbocycles. The van der Waals surface area contributed by atoms with Crippen molar-refractivity contribution in [1.82, 2.24) is 10.2 Å². The monoisotopic (exact) mass is 332 g/mol. The van der Waals surface area contributed by atoms with Crippen molar-refractivity contribution >= 4 is 23.2 Å². The van der Waals surface area contributed by atoms with Gasteiger partial charge in [0.2, 0.25) is 0 Å². The Hall–Kier alpha value is -1.29. The highest BCUT2D eigenvalue weighted by molar-refractivity contribution is 5.91. The molecule has 0 saturated carbocycles. The summed E-state index contributed by atoms with van der Waals surface area (Å²) in [5.74, 6) is 0.968. The summed E-state index contributed by atoms with van der Waals surface area (Å²) in [5, 5.41) is 6.31. The first kappa shape index (κ1) is 16.6. The molecule has 0 spiro atoms. The molecule has 2 aliphatic rings. The van der Waals surface area contributed by atoms with Crippen LogP contribution in [0.1, 0.15) is 24.8 Å². The number of halogens is 1. The van der Waals surface area contributed by atoms with E-state index in [4.69, 9.17) is 4.74 Å². The van der Waals surface area contributed by atoms with E-state index < -0.39 is 0 Å². The predicted octanol–water partition coefficient (Wildman–Crippen LogP) is 3.60. The standard InChI is InChI=1S/C19H24N2O.ClH/c1-22-19-9-6-14(17-4-2-3-5-18(17)19)12-21-11-10-15-7-8-16(13-21)20-15;/h2-6,9,15-16,20H,7-8,10-13H2,1H3;1H. The molecule has 124 valence electrons. The molecule has 0 aliphatic carbocycles. The minimum atomic E-state index is 0. The number of likely N-dealkylation sites (tertiary alicyclic amines) is 1. The molecule has 2 aromatic rings. The second-order valence-electron chi connectivity index (χ2n) is 6.63. The average molecular weight is 333 g/mol. The van der Waals surface area contributed by atoms with Crippen LogP contribution in [0, 0.1) is 0 Å². The van der Waals surface area contributed by atoms with Gasteiger partial charge in [-0.3, -0.25) is 4.90 Å². The summed E-state index contributed by atoms with van der Waals surface area (Å²) in [6.07, 6.45) is 3.99. The van der Waals surface area contributed by atoms with Crippen LogP contribution in [0.25, 0.3) is 10.8 Å². The minimum Gasteiger partial charge on any atom is -0.496 e. The Balaban J connectivity index is 0.00000156. The number of methoxy groups -OCH3 is 1. The number of benzene rings is 2. The number of hydrogen-bond donors (Lipinski definition) is 1. The van der Waals surface area contributed by atoms with E-state index in [-0.39, 0.29) is 12.4 Å².